The second-order valence-corrected chi connectivity index (χ2v) is 5.97. The lowest BCUT2D eigenvalue weighted by molar-refractivity contribution is 0.0798. The van der Waals surface area contributed by atoms with Crippen LogP contribution in [0.1, 0.15) is 32.1 Å². The number of hydrogen-bond acceptors (Lipinski definition) is 5. The van der Waals surface area contributed by atoms with Gasteiger partial charge in [0.2, 0.25) is 5.88 Å². The molecule has 114 valence electrons. The Labute approximate surface area is 125 Å². The van der Waals surface area contributed by atoms with E-state index in [1.165, 1.54) is 30.6 Å². The van der Waals surface area contributed by atoms with Crippen molar-refractivity contribution in [3.05, 3.63) is 12.1 Å². The van der Waals surface area contributed by atoms with E-state index in [9.17, 15) is 8.78 Å². The Kier molecular flexibility index (Phi) is 4.48. The molecule has 0 aliphatic heterocycles. The highest BCUT2D eigenvalue weighted by Crippen LogP contribution is 2.31. The molecule has 1 saturated carbocycles. The summed E-state index contributed by atoms with van der Waals surface area (Å²) in [5.74, 6) is 0.190. The summed E-state index contributed by atoms with van der Waals surface area (Å²) in [5, 5.41) is 0.593. The third-order valence-corrected chi connectivity index (χ3v) is 4.24. The maximum Gasteiger partial charge on any atom is 0.276 e. The first-order valence-corrected chi connectivity index (χ1v) is 7.87. The van der Waals surface area contributed by atoms with Gasteiger partial charge in [-0.15, -0.1) is 0 Å². The number of hydrogen-bond donors (Lipinski definition) is 0. The standard InChI is InChI=1S/C14H16F2N2O2S/c15-11(16)8-19-12-7-6-10-13(18-12)21-14(17-10)20-9-4-2-1-3-5-9/h6-7,9,11H,1-5,8H2. The molecule has 1 aliphatic carbocycles. The van der Waals surface area contributed by atoms with Crippen LogP contribution in [0.5, 0.6) is 11.1 Å². The molecule has 1 aliphatic rings. The maximum absolute atomic E-state index is 12.1. The van der Waals surface area contributed by atoms with E-state index in [1.54, 1.807) is 12.1 Å². The van der Waals surface area contributed by atoms with Crippen LogP contribution in [0, 0.1) is 0 Å². The maximum atomic E-state index is 12.1. The third kappa shape index (κ3) is 3.78. The molecule has 2 heterocycles. The Bertz CT molecular complexity index is 600. The number of fused-ring (bicyclic) bond motifs is 1. The van der Waals surface area contributed by atoms with Gasteiger partial charge < -0.3 is 9.47 Å². The zero-order chi connectivity index (χ0) is 14.7. The van der Waals surface area contributed by atoms with Crippen LogP contribution in [0.2, 0.25) is 0 Å². The van der Waals surface area contributed by atoms with Crippen molar-refractivity contribution < 1.29 is 18.3 Å². The van der Waals surface area contributed by atoms with Gasteiger partial charge in [-0.1, -0.05) is 17.8 Å². The van der Waals surface area contributed by atoms with Gasteiger partial charge in [0, 0.05) is 6.07 Å². The second-order valence-electron chi connectivity index (χ2n) is 5.03. The molecule has 7 heteroatoms. The number of pyridine rings is 1. The minimum atomic E-state index is -2.51. The summed E-state index contributed by atoms with van der Waals surface area (Å²) in [7, 11) is 0. The number of aromatic nitrogens is 2. The molecule has 21 heavy (non-hydrogen) atoms. The number of thiazole rings is 1. The van der Waals surface area contributed by atoms with Crippen LogP contribution in [0.4, 0.5) is 8.78 Å². The fourth-order valence-electron chi connectivity index (χ4n) is 2.38. The van der Waals surface area contributed by atoms with E-state index in [2.05, 4.69) is 9.97 Å². The minimum absolute atomic E-state index is 0.190. The normalized spacial score (nSPS) is 16.5. The van der Waals surface area contributed by atoms with Gasteiger partial charge in [-0.2, -0.15) is 0 Å². The van der Waals surface area contributed by atoms with E-state index >= 15 is 0 Å². The van der Waals surface area contributed by atoms with Crippen molar-refractivity contribution in [2.45, 2.75) is 44.6 Å². The molecule has 0 aromatic carbocycles. The van der Waals surface area contributed by atoms with Gasteiger partial charge in [0.15, 0.2) is 11.4 Å². The number of ether oxygens (including phenoxy) is 2. The Morgan fingerprint density at radius 1 is 1.19 bits per heavy atom. The van der Waals surface area contributed by atoms with Crippen molar-refractivity contribution in [3.63, 3.8) is 0 Å². The molecule has 1 fully saturated rings. The van der Waals surface area contributed by atoms with E-state index in [0.717, 1.165) is 12.8 Å². The van der Waals surface area contributed by atoms with Crippen LogP contribution >= 0.6 is 11.3 Å². The lowest BCUT2D eigenvalue weighted by Crippen LogP contribution is -2.19. The molecule has 0 unspecified atom stereocenters. The fraction of sp³-hybridized carbons (Fsp3) is 0.571. The van der Waals surface area contributed by atoms with Crippen LogP contribution in [-0.2, 0) is 0 Å². The first-order valence-electron chi connectivity index (χ1n) is 7.06. The molecule has 0 N–H and O–H groups in total. The van der Waals surface area contributed by atoms with Crippen molar-refractivity contribution in [2.75, 3.05) is 6.61 Å². The van der Waals surface area contributed by atoms with E-state index in [-0.39, 0.29) is 12.0 Å². The van der Waals surface area contributed by atoms with Crippen LogP contribution in [0.15, 0.2) is 12.1 Å². The van der Waals surface area contributed by atoms with Crippen LogP contribution in [0.3, 0.4) is 0 Å². The van der Waals surface area contributed by atoms with Crippen LogP contribution < -0.4 is 9.47 Å². The first kappa shape index (κ1) is 14.4. The van der Waals surface area contributed by atoms with Gasteiger partial charge in [0.25, 0.3) is 11.6 Å². The van der Waals surface area contributed by atoms with Crippen molar-refractivity contribution >= 4 is 21.7 Å². The largest absolute Gasteiger partial charge is 0.472 e. The molecule has 2 aromatic heterocycles. The molecule has 3 rings (SSSR count). The van der Waals surface area contributed by atoms with Crippen molar-refractivity contribution in [2.24, 2.45) is 0 Å². The van der Waals surface area contributed by atoms with Gasteiger partial charge in [0.1, 0.15) is 11.6 Å². The summed E-state index contributed by atoms with van der Waals surface area (Å²) in [6.45, 7) is -0.650. The highest BCUT2D eigenvalue weighted by molar-refractivity contribution is 7.19. The monoisotopic (exact) mass is 314 g/mol. The lowest BCUT2D eigenvalue weighted by Gasteiger charge is -2.21. The van der Waals surface area contributed by atoms with Gasteiger partial charge in [-0.3, -0.25) is 0 Å². The number of rotatable bonds is 5. The average molecular weight is 314 g/mol. The minimum Gasteiger partial charge on any atom is -0.472 e. The number of nitrogens with zero attached hydrogens (tertiary/aromatic N) is 2. The zero-order valence-corrected chi connectivity index (χ0v) is 12.2. The van der Waals surface area contributed by atoms with Gasteiger partial charge in [-0.05, 0) is 31.7 Å². The van der Waals surface area contributed by atoms with E-state index < -0.39 is 13.0 Å². The summed E-state index contributed by atoms with van der Waals surface area (Å²) in [6.07, 6.45) is 3.51. The number of halogens is 2. The zero-order valence-electron chi connectivity index (χ0n) is 11.4. The van der Waals surface area contributed by atoms with Crippen LogP contribution in [-0.4, -0.2) is 29.1 Å². The predicted molar refractivity (Wildman–Crippen MR) is 76.4 cm³/mol. The molecule has 0 amide bonds. The van der Waals surface area contributed by atoms with Crippen LogP contribution in [0.25, 0.3) is 10.3 Å². The Morgan fingerprint density at radius 2 is 2.00 bits per heavy atom. The molecular formula is C14H16F2N2O2S. The average Bonchev–Trinajstić information content (AvgIpc) is 2.87. The summed E-state index contributed by atoms with van der Waals surface area (Å²) in [4.78, 5) is 9.20. The fourth-order valence-corrected chi connectivity index (χ4v) is 3.23. The highest BCUT2D eigenvalue weighted by atomic mass is 32.1. The highest BCUT2D eigenvalue weighted by Gasteiger charge is 2.17. The summed E-state index contributed by atoms with van der Waals surface area (Å²) >= 11 is 1.33. The second kappa shape index (κ2) is 6.51. The third-order valence-electron chi connectivity index (χ3n) is 3.39. The Hall–Kier alpha value is -1.50. The van der Waals surface area contributed by atoms with E-state index in [1.807, 2.05) is 0 Å². The first-order chi connectivity index (χ1) is 10.2. The Morgan fingerprint density at radius 3 is 2.76 bits per heavy atom. The molecule has 0 radical (unpaired) electrons. The number of alkyl halides is 2. The SMILES string of the molecule is FC(F)COc1ccc2nc(OC3CCCCC3)sc2n1. The summed E-state index contributed by atoms with van der Waals surface area (Å²) < 4.78 is 35.0. The molecule has 0 spiro atoms. The van der Waals surface area contributed by atoms with E-state index in [0.29, 0.717) is 15.5 Å². The van der Waals surface area contributed by atoms with Crippen molar-refractivity contribution in [3.8, 4) is 11.1 Å². The molecule has 0 atom stereocenters. The Balaban J connectivity index is 1.70. The molecule has 0 bridgehead atoms. The summed E-state index contributed by atoms with van der Waals surface area (Å²) in [6, 6.07) is 3.27. The van der Waals surface area contributed by atoms with Crippen molar-refractivity contribution in [1.82, 2.24) is 9.97 Å². The van der Waals surface area contributed by atoms with Crippen molar-refractivity contribution in [1.29, 1.82) is 0 Å². The lowest BCUT2D eigenvalue weighted by atomic mass is 9.98. The molecule has 0 saturated heterocycles. The summed E-state index contributed by atoms with van der Waals surface area (Å²) in [5.41, 5.74) is 0.704. The van der Waals surface area contributed by atoms with Gasteiger partial charge in [0.05, 0.1) is 0 Å². The van der Waals surface area contributed by atoms with Gasteiger partial charge >= 0.3 is 0 Å². The molecular weight excluding hydrogens is 298 g/mol. The van der Waals surface area contributed by atoms with E-state index in [4.69, 9.17) is 9.47 Å². The predicted octanol–water partition coefficient (Wildman–Crippen LogP) is 4.05. The molecule has 2 aromatic rings. The molecule has 4 nitrogen and oxygen atoms in total. The topological polar surface area (TPSA) is 44.2 Å². The smallest absolute Gasteiger partial charge is 0.276 e. The van der Waals surface area contributed by atoms with Gasteiger partial charge in [-0.25, -0.2) is 18.7 Å². The quantitative estimate of drug-likeness (QED) is 0.835.